The van der Waals surface area contributed by atoms with Gasteiger partial charge >= 0.3 is 0 Å². The molecule has 0 aliphatic carbocycles. The summed E-state index contributed by atoms with van der Waals surface area (Å²) in [5.41, 5.74) is 5.00. The third kappa shape index (κ3) is 2.46. The molecule has 0 saturated heterocycles. The smallest absolute Gasteiger partial charge is 0.258 e. The number of aryl methyl sites for hydroxylation is 2. The highest BCUT2D eigenvalue weighted by Gasteiger charge is 2.29. The molecule has 3 nitrogen and oxygen atoms in total. The van der Waals surface area contributed by atoms with Crippen molar-refractivity contribution in [1.29, 1.82) is 0 Å². The zero-order chi connectivity index (χ0) is 16.7. The summed E-state index contributed by atoms with van der Waals surface area (Å²) in [6.45, 7) is 4.13. The lowest BCUT2D eigenvalue weighted by Crippen LogP contribution is -2.42. The first-order chi connectivity index (χ1) is 11.6. The number of fused-ring (bicyclic) bond motifs is 2. The zero-order valence-corrected chi connectivity index (χ0v) is 14.0. The maximum absolute atomic E-state index is 13.1. The number of carbonyl (C=O) groups excluding carboxylic acids is 1. The van der Waals surface area contributed by atoms with Gasteiger partial charge in [0.15, 0.2) is 0 Å². The van der Waals surface area contributed by atoms with Gasteiger partial charge in [-0.2, -0.15) is 0 Å². The third-order valence-electron chi connectivity index (χ3n) is 4.80. The van der Waals surface area contributed by atoms with Crippen LogP contribution in [0.15, 0.2) is 54.6 Å². The van der Waals surface area contributed by atoms with Gasteiger partial charge < -0.3 is 4.90 Å². The summed E-state index contributed by atoms with van der Waals surface area (Å²) in [5.74, 6) is 0.0727. The van der Waals surface area contributed by atoms with E-state index in [1.807, 2.05) is 48.2 Å². The summed E-state index contributed by atoms with van der Waals surface area (Å²) < 4.78 is 0. The number of pyridine rings is 1. The molecule has 0 fully saturated rings. The second-order valence-corrected chi connectivity index (χ2v) is 6.56. The Hall–Kier alpha value is -2.68. The first-order valence-corrected chi connectivity index (χ1v) is 8.42. The van der Waals surface area contributed by atoms with Crippen LogP contribution in [0.1, 0.15) is 35.0 Å². The van der Waals surface area contributed by atoms with Crippen LogP contribution in [-0.2, 0) is 6.42 Å². The normalized spacial score (nSPS) is 16.9. The average molecular weight is 316 g/mol. The molecule has 0 spiro atoms. The molecule has 0 N–H and O–H groups in total. The highest BCUT2D eigenvalue weighted by Crippen LogP contribution is 2.35. The fourth-order valence-corrected chi connectivity index (χ4v) is 3.49. The molecule has 2 aromatic carbocycles. The molecule has 24 heavy (non-hydrogen) atoms. The quantitative estimate of drug-likeness (QED) is 0.661. The Kier molecular flexibility index (Phi) is 3.57. The van der Waals surface area contributed by atoms with Crippen LogP contribution in [0.5, 0.6) is 0 Å². The topological polar surface area (TPSA) is 33.2 Å². The molecule has 1 atom stereocenters. The van der Waals surface area contributed by atoms with E-state index in [9.17, 15) is 4.79 Å². The Balaban J connectivity index is 1.85. The first-order valence-electron chi connectivity index (χ1n) is 8.42. The van der Waals surface area contributed by atoms with Crippen LogP contribution in [-0.4, -0.2) is 16.9 Å². The molecule has 4 rings (SSSR count). The molecule has 3 heteroatoms. The summed E-state index contributed by atoms with van der Waals surface area (Å²) in [5, 5.41) is 1.08. The summed E-state index contributed by atoms with van der Waals surface area (Å²) in [6, 6.07) is 18.1. The van der Waals surface area contributed by atoms with Crippen molar-refractivity contribution in [2.24, 2.45) is 0 Å². The zero-order valence-electron chi connectivity index (χ0n) is 14.0. The summed E-state index contributed by atoms with van der Waals surface area (Å²) in [4.78, 5) is 19.7. The van der Waals surface area contributed by atoms with Crippen molar-refractivity contribution in [2.75, 3.05) is 4.90 Å². The monoisotopic (exact) mass is 316 g/mol. The van der Waals surface area contributed by atoms with Crippen LogP contribution >= 0.6 is 0 Å². The predicted molar refractivity (Wildman–Crippen MR) is 97.5 cm³/mol. The fourth-order valence-electron chi connectivity index (χ4n) is 3.49. The van der Waals surface area contributed by atoms with Crippen LogP contribution in [0, 0.1) is 6.92 Å². The molecule has 0 bridgehead atoms. The van der Waals surface area contributed by atoms with Gasteiger partial charge in [-0.05, 0) is 62.6 Å². The van der Waals surface area contributed by atoms with Crippen LogP contribution in [0.25, 0.3) is 10.9 Å². The lowest BCUT2D eigenvalue weighted by Gasteiger charge is -2.35. The number of rotatable bonds is 1. The third-order valence-corrected chi connectivity index (χ3v) is 4.80. The molecule has 0 saturated carbocycles. The minimum Gasteiger partial charge on any atom is -0.305 e. The predicted octanol–water partition coefficient (Wildman–Crippen LogP) is 4.52. The number of hydrogen-bond donors (Lipinski definition) is 0. The SMILES string of the molecule is Cc1ccc2cc3c(cc2n1)CC[C@@H](C)N3C(=O)c1ccccc1. The Morgan fingerprint density at radius 3 is 2.71 bits per heavy atom. The second kappa shape index (κ2) is 5.75. The van der Waals surface area contributed by atoms with Gasteiger partial charge in [-0.1, -0.05) is 24.3 Å². The molecule has 2 heterocycles. The molecule has 1 aromatic heterocycles. The number of aromatic nitrogens is 1. The van der Waals surface area contributed by atoms with E-state index in [1.165, 1.54) is 5.56 Å². The minimum atomic E-state index is 0.0727. The van der Waals surface area contributed by atoms with E-state index >= 15 is 0 Å². The molecule has 1 amide bonds. The molecule has 0 unspecified atom stereocenters. The molecule has 0 radical (unpaired) electrons. The Bertz CT molecular complexity index is 918. The van der Waals surface area contributed by atoms with Crippen molar-refractivity contribution in [3.63, 3.8) is 0 Å². The largest absolute Gasteiger partial charge is 0.305 e. The summed E-state index contributed by atoms with van der Waals surface area (Å²) in [7, 11) is 0. The number of carbonyl (C=O) groups is 1. The first kappa shape index (κ1) is 14.9. The summed E-state index contributed by atoms with van der Waals surface area (Å²) >= 11 is 0. The van der Waals surface area contributed by atoms with E-state index in [4.69, 9.17) is 0 Å². The Labute approximate surface area is 141 Å². The second-order valence-electron chi connectivity index (χ2n) is 6.56. The maximum atomic E-state index is 13.1. The number of nitrogens with zero attached hydrogens (tertiary/aromatic N) is 2. The van der Waals surface area contributed by atoms with Crippen LogP contribution in [0.4, 0.5) is 5.69 Å². The highest BCUT2D eigenvalue weighted by molar-refractivity contribution is 6.08. The lowest BCUT2D eigenvalue weighted by molar-refractivity contribution is 0.0975. The van der Waals surface area contributed by atoms with E-state index < -0.39 is 0 Å². The number of amides is 1. The Morgan fingerprint density at radius 2 is 1.92 bits per heavy atom. The van der Waals surface area contributed by atoms with E-state index in [-0.39, 0.29) is 11.9 Å². The van der Waals surface area contributed by atoms with Gasteiger partial charge in [-0.25, -0.2) is 0 Å². The van der Waals surface area contributed by atoms with E-state index in [0.717, 1.165) is 40.7 Å². The van der Waals surface area contributed by atoms with E-state index in [1.54, 1.807) is 0 Å². The van der Waals surface area contributed by atoms with Gasteiger partial charge in [0.25, 0.3) is 5.91 Å². The Morgan fingerprint density at radius 1 is 1.12 bits per heavy atom. The van der Waals surface area contributed by atoms with Crippen LogP contribution < -0.4 is 4.90 Å². The highest BCUT2D eigenvalue weighted by atomic mass is 16.2. The van der Waals surface area contributed by atoms with Gasteiger partial charge in [-0.3, -0.25) is 9.78 Å². The van der Waals surface area contributed by atoms with Gasteiger partial charge in [0.1, 0.15) is 0 Å². The van der Waals surface area contributed by atoms with Crippen LogP contribution in [0.2, 0.25) is 0 Å². The van der Waals surface area contributed by atoms with Crippen LogP contribution in [0.3, 0.4) is 0 Å². The van der Waals surface area contributed by atoms with E-state index in [0.29, 0.717) is 0 Å². The fraction of sp³-hybridized carbons (Fsp3) is 0.238. The standard InChI is InChI=1S/C21H20N2O/c1-14-8-10-17-13-20-18(12-19(17)22-14)11-9-15(2)23(20)21(24)16-6-4-3-5-7-16/h3-8,10,12-13,15H,9,11H2,1-2H3/t15-/m1/s1. The number of anilines is 1. The van der Waals surface area contributed by atoms with Gasteiger partial charge in [0, 0.05) is 28.4 Å². The number of benzene rings is 2. The average Bonchev–Trinajstić information content (AvgIpc) is 2.60. The van der Waals surface area contributed by atoms with Crippen molar-refractivity contribution in [3.8, 4) is 0 Å². The van der Waals surface area contributed by atoms with Gasteiger partial charge in [-0.15, -0.1) is 0 Å². The minimum absolute atomic E-state index is 0.0727. The van der Waals surface area contributed by atoms with Gasteiger partial charge in [0.05, 0.1) is 5.52 Å². The van der Waals surface area contributed by atoms with Crippen molar-refractivity contribution in [2.45, 2.75) is 32.7 Å². The molecule has 1 aliphatic rings. The summed E-state index contributed by atoms with van der Waals surface area (Å²) in [6.07, 6.45) is 1.96. The maximum Gasteiger partial charge on any atom is 0.258 e. The molecular weight excluding hydrogens is 296 g/mol. The van der Waals surface area contributed by atoms with Crippen molar-refractivity contribution < 1.29 is 4.79 Å². The van der Waals surface area contributed by atoms with Crippen molar-refractivity contribution >= 4 is 22.5 Å². The molecule has 3 aromatic rings. The van der Waals surface area contributed by atoms with Gasteiger partial charge in [0.2, 0.25) is 0 Å². The molecule has 1 aliphatic heterocycles. The lowest BCUT2D eigenvalue weighted by atomic mass is 9.94. The van der Waals surface area contributed by atoms with Crippen molar-refractivity contribution in [3.05, 3.63) is 71.4 Å². The number of hydrogen-bond acceptors (Lipinski definition) is 2. The van der Waals surface area contributed by atoms with Crippen molar-refractivity contribution in [1.82, 2.24) is 4.98 Å². The molecule has 120 valence electrons. The molecular formula is C21H20N2O. The van der Waals surface area contributed by atoms with E-state index in [2.05, 4.69) is 30.1 Å².